The third-order valence-electron chi connectivity index (χ3n) is 2.14. The summed E-state index contributed by atoms with van der Waals surface area (Å²) in [5.41, 5.74) is 2.70. The summed E-state index contributed by atoms with van der Waals surface area (Å²) in [6.45, 7) is 4.12. The zero-order valence-corrected chi connectivity index (χ0v) is 10.9. The third-order valence-corrected chi connectivity index (χ3v) is 2.95. The highest BCUT2D eigenvalue weighted by atomic mass is 79.9. The van der Waals surface area contributed by atoms with Crippen LogP contribution in [0, 0.1) is 6.92 Å². The van der Waals surface area contributed by atoms with Gasteiger partial charge in [0.2, 0.25) is 0 Å². The molecule has 0 aliphatic rings. The molecule has 3 heteroatoms. The summed E-state index contributed by atoms with van der Waals surface area (Å²) in [5.74, 6) is 0.949. The van der Waals surface area contributed by atoms with Crippen molar-refractivity contribution in [1.82, 2.24) is 5.32 Å². The first-order valence-corrected chi connectivity index (χ1v) is 6.23. The number of rotatable bonds is 5. The van der Waals surface area contributed by atoms with E-state index in [1.807, 2.05) is 0 Å². The molecule has 0 radical (unpaired) electrons. The standard InChI is InChI=1S/C11H16BrNS/c1-9-3-4-11(12)7-10(9)8-13-5-2-6-14/h3-4,7,13-14H,2,5-6,8H2,1H3. The fraction of sp³-hybridized carbons (Fsp3) is 0.455. The molecule has 1 rings (SSSR count). The largest absolute Gasteiger partial charge is 0.313 e. The van der Waals surface area contributed by atoms with Crippen molar-refractivity contribution in [3.63, 3.8) is 0 Å². The molecule has 0 bridgehead atoms. The maximum absolute atomic E-state index is 4.17. The van der Waals surface area contributed by atoms with Gasteiger partial charge in [-0.2, -0.15) is 12.6 Å². The molecular weight excluding hydrogens is 258 g/mol. The van der Waals surface area contributed by atoms with E-state index in [4.69, 9.17) is 0 Å². The maximum Gasteiger partial charge on any atom is 0.0208 e. The predicted molar refractivity (Wildman–Crippen MR) is 69.1 cm³/mol. The highest BCUT2D eigenvalue weighted by molar-refractivity contribution is 9.10. The number of benzene rings is 1. The molecule has 1 nitrogen and oxygen atoms in total. The Labute approximate surface area is 99.8 Å². The van der Waals surface area contributed by atoms with Crippen molar-refractivity contribution in [2.75, 3.05) is 12.3 Å². The molecule has 0 unspecified atom stereocenters. The quantitative estimate of drug-likeness (QED) is 0.621. The zero-order chi connectivity index (χ0) is 10.4. The van der Waals surface area contributed by atoms with Crippen molar-refractivity contribution in [3.05, 3.63) is 33.8 Å². The fourth-order valence-electron chi connectivity index (χ4n) is 1.26. The van der Waals surface area contributed by atoms with Crippen LogP contribution in [0.1, 0.15) is 17.5 Å². The van der Waals surface area contributed by atoms with Gasteiger partial charge in [0.15, 0.2) is 0 Å². The van der Waals surface area contributed by atoms with Crippen LogP contribution in [0.4, 0.5) is 0 Å². The Morgan fingerprint density at radius 1 is 1.43 bits per heavy atom. The summed E-state index contributed by atoms with van der Waals surface area (Å²) in [4.78, 5) is 0. The van der Waals surface area contributed by atoms with E-state index in [-0.39, 0.29) is 0 Å². The van der Waals surface area contributed by atoms with E-state index < -0.39 is 0 Å². The summed E-state index contributed by atoms with van der Waals surface area (Å²) in [5, 5.41) is 3.40. The molecule has 1 N–H and O–H groups in total. The molecule has 78 valence electrons. The Bertz CT molecular complexity index is 289. The topological polar surface area (TPSA) is 12.0 Å². The minimum absolute atomic E-state index is 0.944. The number of thiol groups is 1. The van der Waals surface area contributed by atoms with Crippen molar-refractivity contribution in [2.24, 2.45) is 0 Å². The van der Waals surface area contributed by atoms with Gasteiger partial charge in [-0.05, 0) is 48.9 Å². The maximum atomic E-state index is 4.17. The number of hydrogen-bond donors (Lipinski definition) is 2. The van der Waals surface area contributed by atoms with Crippen molar-refractivity contribution >= 4 is 28.6 Å². The molecule has 0 spiro atoms. The second-order valence-corrected chi connectivity index (χ2v) is 4.69. The fourth-order valence-corrected chi connectivity index (χ4v) is 1.82. The van der Waals surface area contributed by atoms with Gasteiger partial charge >= 0.3 is 0 Å². The summed E-state index contributed by atoms with van der Waals surface area (Å²) < 4.78 is 1.15. The van der Waals surface area contributed by atoms with E-state index >= 15 is 0 Å². The SMILES string of the molecule is Cc1ccc(Br)cc1CNCCCS. The second-order valence-electron chi connectivity index (χ2n) is 3.32. The van der Waals surface area contributed by atoms with Crippen LogP contribution in [0.5, 0.6) is 0 Å². The summed E-state index contributed by atoms with van der Waals surface area (Å²) in [6.07, 6.45) is 1.12. The average Bonchev–Trinajstić information content (AvgIpc) is 2.18. The smallest absolute Gasteiger partial charge is 0.0208 e. The Morgan fingerprint density at radius 3 is 2.93 bits per heavy atom. The zero-order valence-electron chi connectivity index (χ0n) is 8.39. The minimum atomic E-state index is 0.944. The van der Waals surface area contributed by atoms with Gasteiger partial charge in [-0.25, -0.2) is 0 Å². The summed E-state index contributed by atoms with van der Waals surface area (Å²) >= 11 is 7.65. The number of nitrogens with one attached hydrogen (secondary N) is 1. The van der Waals surface area contributed by atoms with Gasteiger partial charge in [-0.1, -0.05) is 22.0 Å². The summed E-state index contributed by atoms with van der Waals surface area (Å²) in [7, 11) is 0. The van der Waals surface area contributed by atoms with Crippen molar-refractivity contribution in [2.45, 2.75) is 19.9 Å². The molecule has 0 atom stereocenters. The van der Waals surface area contributed by atoms with Crippen LogP contribution >= 0.6 is 28.6 Å². The van der Waals surface area contributed by atoms with Crippen LogP contribution in [0.25, 0.3) is 0 Å². The number of hydrogen-bond acceptors (Lipinski definition) is 2. The Morgan fingerprint density at radius 2 is 2.21 bits per heavy atom. The van der Waals surface area contributed by atoms with E-state index in [0.717, 1.165) is 29.7 Å². The Balaban J connectivity index is 2.45. The Hall–Kier alpha value is 0.01000. The molecule has 0 fully saturated rings. The monoisotopic (exact) mass is 273 g/mol. The molecule has 1 aromatic carbocycles. The summed E-state index contributed by atoms with van der Waals surface area (Å²) in [6, 6.07) is 6.38. The lowest BCUT2D eigenvalue weighted by molar-refractivity contribution is 0.677. The highest BCUT2D eigenvalue weighted by Gasteiger charge is 1.98. The van der Waals surface area contributed by atoms with Crippen LogP contribution in [0.2, 0.25) is 0 Å². The van der Waals surface area contributed by atoms with Gasteiger partial charge in [-0.15, -0.1) is 0 Å². The van der Waals surface area contributed by atoms with Gasteiger partial charge in [0.25, 0.3) is 0 Å². The molecule has 1 aromatic rings. The first kappa shape index (κ1) is 12.1. The van der Waals surface area contributed by atoms with Gasteiger partial charge in [-0.3, -0.25) is 0 Å². The van der Waals surface area contributed by atoms with E-state index in [9.17, 15) is 0 Å². The van der Waals surface area contributed by atoms with Crippen LogP contribution < -0.4 is 5.32 Å². The van der Waals surface area contributed by atoms with Gasteiger partial charge in [0, 0.05) is 11.0 Å². The van der Waals surface area contributed by atoms with E-state index in [1.165, 1.54) is 11.1 Å². The molecule has 0 aromatic heterocycles. The first-order chi connectivity index (χ1) is 6.74. The van der Waals surface area contributed by atoms with Gasteiger partial charge in [0.05, 0.1) is 0 Å². The molecule has 0 aliphatic carbocycles. The first-order valence-electron chi connectivity index (χ1n) is 4.80. The lowest BCUT2D eigenvalue weighted by Gasteiger charge is -2.07. The third kappa shape index (κ3) is 4.03. The Kier molecular flexibility index (Phi) is 5.60. The number of halogens is 1. The molecule has 0 saturated heterocycles. The van der Waals surface area contributed by atoms with Crippen LogP contribution in [0.15, 0.2) is 22.7 Å². The van der Waals surface area contributed by atoms with Crippen molar-refractivity contribution < 1.29 is 0 Å². The molecule has 0 aliphatic heterocycles. The molecule has 0 amide bonds. The molecule has 0 saturated carbocycles. The van der Waals surface area contributed by atoms with E-state index in [2.05, 4.69) is 59.0 Å². The predicted octanol–water partition coefficient (Wildman–Crippen LogP) is 3.17. The van der Waals surface area contributed by atoms with E-state index in [1.54, 1.807) is 0 Å². The average molecular weight is 274 g/mol. The van der Waals surface area contributed by atoms with Crippen LogP contribution in [0.3, 0.4) is 0 Å². The molecule has 0 heterocycles. The van der Waals surface area contributed by atoms with Gasteiger partial charge < -0.3 is 5.32 Å². The van der Waals surface area contributed by atoms with Crippen LogP contribution in [-0.2, 0) is 6.54 Å². The number of aryl methyl sites for hydroxylation is 1. The second kappa shape index (κ2) is 6.49. The molecular formula is C11H16BrNS. The minimum Gasteiger partial charge on any atom is -0.313 e. The van der Waals surface area contributed by atoms with E-state index in [0.29, 0.717) is 0 Å². The van der Waals surface area contributed by atoms with Crippen molar-refractivity contribution in [1.29, 1.82) is 0 Å². The molecule has 14 heavy (non-hydrogen) atoms. The van der Waals surface area contributed by atoms with Crippen LogP contribution in [-0.4, -0.2) is 12.3 Å². The lowest BCUT2D eigenvalue weighted by atomic mass is 10.1. The lowest BCUT2D eigenvalue weighted by Crippen LogP contribution is -2.15. The highest BCUT2D eigenvalue weighted by Crippen LogP contribution is 2.15. The van der Waals surface area contributed by atoms with Gasteiger partial charge in [0.1, 0.15) is 0 Å². The normalized spacial score (nSPS) is 10.5. The van der Waals surface area contributed by atoms with Crippen molar-refractivity contribution in [3.8, 4) is 0 Å².